The lowest BCUT2D eigenvalue weighted by Gasteiger charge is -2.28. The van der Waals surface area contributed by atoms with Crippen LogP contribution in [0.5, 0.6) is 0 Å². The average Bonchev–Trinajstić information content (AvgIpc) is 3.32. The quantitative estimate of drug-likeness (QED) is 0.0330. The van der Waals surface area contributed by atoms with Crippen LogP contribution in [0, 0.1) is 17.8 Å². The molecule has 0 N–H and O–H groups in total. The maximum atomic E-state index is 13.6. The van der Waals surface area contributed by atoms with Crippen molar-refractivity contribution in [3.8, 4) is 0 Å². The highest BCUT2D eigenvalue weighted by Gasteiger charge is 2.23. The predicted molar refractivity (Wildman–Crippen MR) is 279 cm³/mol. The van der Waals surface area contributed by atoms with E-state index in [1.54, 1.807) is 0 Å². The summed E-state index contributed by atoms with van der Waals surface area (Å²) in [5, 5.41) is 0. The molecule has 11 nitrogen and oxygen atoms in total. The van der Waals surface area contributed by atoms with Crippen LogP contribution in [0.2, 0.25) is 0 Å². The van der Waals surface area contributed by atoms with Crippen LogP contribution in [0.1, 0.15) is 259 Å². The van der Waals surface area contributed by atoms with Crippen molar-refractivity contribution in [2.75, 3.05) is 60.2 Å². The lowest BCUT2D eigenvalue weighted by Crippen LogP contribution is -2.40. The van der Waals surface area contributed by atoms with Crippen LogP contribution in [0.4, 0.5) is 0 Å². The number of carbonyl (C=O) groups excluding carboxylic acids is 5. The summed E-state index contributed by atoms with van der Waals surface area (Å²) in [7, 11) is 4.04. The van der Waals surface area contributed by atoms with E-state index < -0.39 is 0 Å². The SMILES string of the molecule is CCCCCCCC(=O)N(CCCN(C)C)CC(COC(=O)CCCCCCC(=O)OCC(CCCC)CCCCCC)COC(=O)CCCCCCC(=O)OCC(CCCC)CCCCCC. The fraction of sp³-hybridized carbons (Fsp3) is 0.912. The number of esters is 4. The Hall–Kier alpha value is -2.69. The number of carbonyl (C=O) groups is 5. The Morgan fingerprint density at radius 1 is 0.338 bits per heavy atom. The van der Waals surface area contributed by atoms with Crippen molar-refractivity contribution in [1.29, 1.82) is 0 Å². The third-order valence-electron chi connectivity index (χ3n) is 13.2. The first kappa shape index (κ1) is 65.3. The van der Waals surface area contributed by atoms with Gasteiger partial charge in [-0.25, -0.2) is 0 Å². The highest BCUT2D eigenvalue weighted by atomic mass is 16.5. The van der Waals surface area contributed by atoms with Gasteiger partial charge < -0.3 is 28.7 Å². The number of amides is 1. The molecular formula is C57H108N2O9. The molecule has 0 aromatic carbocycles. The molecule has 0 saturated carbocycles. The van der Waals surface area contributed by atoms with Gasteiger partial charge >= 0.3 is 23.9 Å². The van der Waals surface area contributed by atoms with Crippen molar-refractivity contribution in [2.45, 2.75) is 259 Å². The highest BCUT2D eigenvalue weighted by molar-refractivity contribution is 5.76. The maximum Gasteiger partial charge on any atom is 0.305 e. The molecule has 2 unspecified atom stereocenters. The summed E-state index contributed by atoms with van der Waals surface area (Å²) in [6.45, 7) is 14.0. The molecule has 0 fully saturated rings. The van der Waals surface area contributed by atoms with Gasteiger partial charge in [0.15, 0.2) is 0 Å². The van der Waals surface area contributed by atoms with Gasteiger partial charge in [-0.1, -0.05) is 163 Å². The predicted octanol–water partition coefficient (Wildman–Crippen LogP) is 14.2. The first-order valence-corrected chi connectivity index (χ1v) is 28.5. The van der Waals surface area contributed by atoms with Crippen molar-refractivity contribution < 1.29 is 42.9 Å². The number of nitrogens with zero attached hydrogens (tertiary/aromatic N) is 2. The van der Waals surface area contributed by atoms with Crippen molar-refractivity contribution in [2.24, 2.45) is 17.8 Å². The molecule has 0 heterocycles. The fourth-order valence-electron chi connectivity index (χ4n) is 8.64. The maximum absolute atomic E-state index is 13.6. The van der Waals surface area contributed by atoms with E-state index in [1.807, 2.05) is 19.0 Å². The topological polar surface area (TPSA) is 129 Å². The Morgan fingerprint density at radius 2 is 0.647 bits per heavy atom. The summed E-state index contributed by atoms with van der Waals surface area (Å²) in [5.41, 5.74) is 0. The zero-order valence-electron chi connectivity index (χ0n) is 45.5. The first-order chi connectivity index (χ1) is 33.0. The fourth-order valence-corrected chi connectivity index (χ4v) is 8.64. The molecule has 0 radical (unpaired) electrons. The molecule has 0 aromatic heterocycles. The summed E-state index contributed by atoms with van der Waals surface area (Å²) < 4.78 is 22.9. The smallest absolute Gasteiger partial charge is 0.305 e. The standard InChI is InChI=1S/C57H108N2O9/c1-8-13-18-21-28-38-53(60)59(44-33-43-58(6)7)45-52(48-67-56(63)41-31-24-22-29-39-54(61)65-46-50(34-16-11-4)36-26-19-14-9-2)49-68-57(64)42-32-25-23-30-40-55(62)66-47-51(35-17-12-5)37-27-20-15-10-3/h50-52H,8-49H2,1-7H3. The number of hydrogen-bond donors (Lipinski definition) is 0. The molecule has 0 aliphatic carbocycles. The van der Waals surface area contributed by atoms with Gasteiger partial charge in [-0.05, 0) is 96.7 Å². The monoisotopic (exact) mass is 965 g/mol. The van der Waals surface area contributed by atoms with Crippen LogP contribution in [0.3, 0.4) is 0 Å². The number of unbranched alkanes of at least 4 members (excludes halogenated alkanes) is 18. The van der Waals surface area contributed by atoms with Crippen LogP contribution >= 0.6 is 0 Å². The minimum Gasteiger partial charge on any atom is -0.465 e. The van der Waals surface area contributed by atoms with E-state index in [0.717, 1.165) is 116 Å². The lowest BCUT2D eigenvalue weighted by atomic mass is 9.96. The molecule has 0 aliphatic heterocycles. The highest BCUT2D eigenvalue weighted by Crippen LogP contribution is 2.21. The second-order valence-corrected chi connectivity index (χ2v) is 20.3. The Morgan fingerprint density at radius 3 is 1.00 bits per heavy atom. The second kappa shape index (κ2) is 48.0. The lowest BCUT2D eigenvalue weighted by molar-refractivity contribution is -0.150. The summed E-state index contributed by atoms with van der Waals surface area (Å²) in [6, 6.07) is 0. The van der Waals surface area contributed by atoms with Gasteiger partial charge in [-0.2, -0.15) is 0 Å². The van der Waals surface area contributed by atoms with Crippen molar-refractivity contribution >= 4 is 29.8 Å². The largest absolute Gasteiger partial charge is 0.465 e. The Kier molecular flexibility index (Phi) is 46.1. The Balaban J connectivity index is 5.06. The summed E-state index contributed by atoms with van der Waals surface area (Å²) in [6.07, 6.45) is 33.1. The third kappa shape index (κ3) is 42.2. The van der Waals surface area contributed by atoms with E-state index in [2.05, 4.69) is 39.5 Å². The second-order valence-electron chi connectivity index (χ2n) is 20.3. The van der Waals surface area contributed by atoms with E-state index in [1.165, 1.54) is 70.6 Å². The molecule has 0 rings (SSSR count). The minimum atomic E-state index is -0.348. The van der Waals surface area contributed by atoms with Crippen molar-refractivity contribution in [1.82, 2.24) is 9.80 Å². The van der Waals surface area contributed by atoms with E-state index in [-0.39, 0.29) is 61.8 Å². The van der Waals surface area contributed by atoms with Crippen LogP contribution < -0.4 is 0 Å². The molecule has 0 spiro atoms. The van der Waals surface area contributed by atoms with Crippen LogP contribution in [-0.4, -0.2) is 99.7 Å². The van der Waals surface area contributed by atoms with Gasteiger partial charge in [0, 0.05) is 51.1 Å². The molecule has 400 valence electrons. The van der Waals surface area contributed by atoms with E-state index in [4.69, 9.17) is 18.9 Å². The number of ether oxygens (including phenoxy) is 4. The molecule has 2 atom stereocenters. The molecule has 68 heavy (non-hydrogen) atoms. The van der Waals surface area contributed by atoms with E-state index >= 15 is 0 Å². The zero-order chi connectivity index (χ0) is 50.3. The van der Waals surface area contributed by atoms with Gasteiger partial charge in [-0.15, -0.1) is 0 Å². The molecule has 0 saturated heterocycles. The van der Waals surface area contributed by atoms with Gasteiger partial charge in [0.1, 0.15) is 0 Å². The van der Waals surface area contributed by atoms with Gasteiger partial charge in [0.25, 0.3) is 0 Å². The van der Waals surface area contributed by atoms with Crippen LogP contribution in [0.15, 0.2) is 0 Å². The minimum absolute atomic E-state index is 0.0675. The number of hydrogen-bond acceptors (Lipinski definition) is 10. The van der Waals surface area contributed by atoms with Gasteiger partial charge in [0.2, 0.25) is 5.91 Å². The van der Waals surface area contributed by atoms with Crippen molar-refractivity contribution in [3.05, 3.63) is 0 Å². The molecule has 0 aliphatic rings. The van der Waals surface area contributed by atoms with Crippen LogP contribution in [0.25, 0.3) is 0 Å². The molecule has 1 amide bonds. The third-order valence-corrected chi connectivity index (χ3v) is 13.2. The zero-order valence-corrected chi connectivity index (χ0v) is 45.5. The molecule has 0 bridgehead atoms. The van der Waals surface area contributed by atoms with Gasteiger partial charge in [0.05, 0.1) is 26.4 Å². The summed E-state index contributed by atoms with van der Waals surface area (Å²) >= 11 is 0. The first-order valence-electron chi connectivity index (χ1n) is 28.5. The Labute approximate surface area is 418 Å². The molecule has 11 heteroatoms. The molecular weight excluding hydrogens is 857 g/mol. The summed E-state index contributed by atoms with van der Waals surface area (Å²) in [5.74, 6) is -0.208. The Bertz CT molecular complexity index is 1150. The number of rotatable bonds is 50. The van der Waals surface area contributed by atoms with Crippen molar-refractivity contribution in [3.63, 3.8) is 0 Å². The normalized spacial score (nSPS) is 12.7. The van der Waals surface area contributed by atoms with Crippen LogP contribution in [-0.2, 0) is 42.9 Å². The van der Waals surface area contributed by atoms with E-state index in [0.29, 0.717) is 70.2 Å². The summed E-state index contributed by atoms with van der Waals surface area (Å²) in [4.78, 5) is 68.5. The average molecular weight is 965 g/mol. The molecule has 0 aromatic rings. The van der Waals surface area contributed by atoms with Gasteiger partial charge in [-0.3, -0.25) is 24.0 Å². The van der Waals surface area contributed by atoms with E-state index in [9.17, 15) is 24.0 Å².